The van der Waals surface area contributed by atoms with E-state index < -0.39 is 0 Å². The van der Waals surface area contributed by atoms with Crippen molar-refractivity contribution < 1.29 is 9.18 Å². The molecule has 19 heavy (non-hydrogen) atoms. The first kappa shape index (κ1) is 15.6. The number of nitrogens with one attached hydrogen (secondary N) is 1. The van der Waals surface area contributed by atoms with Crippen molar-refractivity contribution in [3.05, 3.63) is 35.6 Å². The number of amides is 1. The molecule has 0 aromatic heterocycles. The molecule has 3 nitrogen and oxygen atoms in total. The molecule has 0 saturated heterocycles. The number of rotatable bonds is 6. The Hall–Kier alpha value is -1.42. The van der Waals surface area contributed by atoms with E-state index in [0.29, 0.717) is 13.1 Å². The molecule has 0 aliphatic heterocycles. The lowest BCUT2D eigenvalue weighted by Gasteiger charge is -2.31. The Labute approximate surface area is 114 Å². The van der Waals surface area contributed by atoms with Gasteiger partial charge >= 0.3 is 0 Å². The molecule has 1 amide bonds. The highest BCUT2D eigenvalue weighted by atomic mass is 19.1. The molecular weight excluding hydrogens is 243 g/mol. The van der Waals surface area contributed by atoms with Crippen LogP contribution >= 0.6 is 0 Å². The van der Waals surface area contributed by atoms with Crippen LogP contribution in [-0.2, 0) is 4.79 Å². The van der Waals surface area contributed by atoms with E-state index in [1.54, 1.807) is 12.1 Å². The maximum absolute atomic E-state index is 12.9. The van der Waals surface area contributed by atoms with Crippen molar-refractivity contribution >= 4 is 5.91 Å². The van der Waals surface area contributed by atoms with E-state index >= 15 is 0 Å². The maximum Gasteiger partial charge on any atom is 0.227 e. The molecule has 0 bridgehead atoms. The monoisotopic (exact) mass is 266 g/mol. The Balaban J connectivity index is 2.84. The minimum atomic E-state index is -0.256. The summed E-state index contributed by atoms with van der Waals surface area (Å²) in [6.07, 6.45) is 0. The largest absolute Gasteiger partial charge is 0.336 e. The third kappa shape index (κ3) is 4.03. The molecule has 1 rings (SSSR count). The van der Waals surface area contributed by atoms with Crippen LogP contribution in [0.15, 0.2) is 24.3 Å². The van der Waals surface area contributed by atoms with Crippen LogP contribution in [0.1, 0.15) is 32.4 Å². The van der Waals surface area contributed by atoms with Crippen molar-refractivity contribution in [2.24, 2.45) is 5.92 Å². The van der Waals surface area contributed by atoms with Gasteiger partial charge < -0.3 is 10.2 Å². The first-order valence-electron chi connectivity index (χ1n) is 6.71. The van der Waals surface area contributed by atoms with Gasteiger partial charge in [0.05, 0.1) is 6.04 Å². The lowest BCUT2D eigenvalue weighted by atomic mass is 10.0. The summed E-state index contributed by atoms with van der Waals surface area (Å²) in [4.78, 5) is 14.2. The van der Waals surface area contributed by atoms with Gasteiger partial charge in [0, 0.05) is 19.0 Å². The predicted octanol–water partition coefficient (Wildman–Crippen LogP) is 2.59. The normalized spacial score (nSPS) is 13.9. The van der Waals surface area contributed by atoms with Crippen LogP contribution in [0, 0.1) is 11.7 Å². The highest BCUT2D eigenvalue weighted by Crippen LogP contribution is 2.22. The van der Waals surface area contributed by atoms with Crippen molar-refractivity contribution in [2.45, 2.75) is 26.8 Å². The predicted molar refractivity (Wildman–Crippen MR) is 75.3 cm³/mol. The quantitative estimate of drug-likeness (QED) is 0.858. The number of halogens is 1. The molecule has 4 heteroatoms. The van der Waals surface area contributed by atoms with Crippen LogP contribution in [0.3, 0.4) is 0 Å². The summed E-state index contributed by atoms with van der Waals surface area (Å²) in [7, 11) is 1.84. The van der Waals surface area contributed by atoms with E-state index in [2.05, 4.69) is 5.32 Å². The smallest absolute Gasteiger partial charge is 0.227 e. The van der Waals surface area contributed by atoms with Gasteiger partial charge in [-0.2, -0.15) is 0 Å². The van der Waals surface area contributed by atoms with Crippen LogP contribution in [0.4, 0.5) is 4.39 Å². The van der Waals surface area contributed by atoms with E-state index in [9.17, 15) is 9.18 Å². The first-order valence-corrected chi connectivity index (χ1v) is 6.71. The van der Waals surface area contributed by atoms with Gasteiger partial charge in [0.15, 0.2) is 0 Å². The lowest BCUT2D eigenvalue weighted by molar-refractivity contribution is -0.136. The molecule has 0 spiro atoms. The van der Waals surface area contributed by atoms with E-state index in [1.807, 2.05) is 32.7 Å². The Bertz CT molecular complexity index is 405. The molecule has 1 aromatic carbocycles. The van der Waals surface area contributed by atoms with E-state index in [4.69, 9.17) is 0 Å². The summed E-state index contributed by atoms with van der Waals surface area (Å²) in [5.74, 6) is -0.199. The average molecular weight is 266 g/mol. The third-order valence-corrected chi connectivity index (χ3v) is 3.38. The van der Waals surface area contributed by atoms with E-state index in [-0.39, 0.29) is 23.7 Å². The SMILES string of the molecule is CCN(C(=O)C(C)CNC)C(C)c1ccc(F)cc1. The van der Waals surface area contributed by atoms with Gasteiger partial charge in [0.1, 0.15) is 5.82 Å². The van der Waals surface area contributed by atoms with Crippen LogP contribution in [0.25, 0.3) is 0 Å². The zero-order valence-electron chi connectivity index (χ0n) is 12.1. The second kappa shape index (κ2) is 7.24. The molecule has 0 aliphatic rings. The Morgan fingerprint density at radius 1 is 1.32 bits per heavy atom. The summed E-state index contributed by atoms with van der Waals surface area (Å²) in [6, 6.07) is 6.29. The summed E-state index contributed by atoms with van der Waals surface area (Å²) in [5.41, 5.74) is 0.952. The van der Waals surface area contributed by atoms with E-state index in [0.717, 1.165) is 5.56 Å². The van der Waals surface area contributed by atoms with Crippen LogP contribution in [0.5, 0.6) is 0 Å². The van der Waals surface area contributed by atoms with Gasteiger partial charge in [-0.15, -0.1) is 0 Å². The van der Waals surface area contributed by atoms with Crippen molar-refractivity contribution in [1.82, 2.24) is 10.2 Å². The molecule has 2 unspecified atom stereocenters. The van der Waals surface area contributed by atoms with Crippen molar-refractivity contribution in [3.63, 3.8) is 0 Å². The van der Waals surface area contributed by atoms with E-state index in [1.165, 1.54) is 12.1 Å². The Kier molecular flexibility index (Phi) is 5.96. The molecule has 0 aliphatic carbocycles. The fraction of sp³-hybridized carbons (Fsp3) is 0.533. The minimum absolute atomic E-state index is 0.0441. The van der Waals surface area contributed by atoms with Gasteiger partial charge in [0.2, 0.25) is 5.91 Å². The highest BCUT2D eigenvalue weighted by molar-refractivity contribution is 5.79. The molecule has 0 radical (unpaired) electrons. The van der Waals surface area contributed by atoms with Gasteiger partial charge in [0.25, 0.3) is 0 Å². The Morgan fingerprint density at radius 3 is 2.37 bits per heavy atom. The Morgan fingerprint density at radius 2 is 1.89 bits per heavy atom. The third-order valence-electron chi connectivity index (χ3n) is 3.38. The topological polar surface area (TPSA) is 32.3 Å². The molecule has 1 aromatic rings. The fourth-order valence-corrected chi connectivity index (χ4v) is 2.22. The molecule has 2 atom stereocenters. The second-order valence-electron chi connectivity index (χ2n) is 4.81. The average Bonchev–Trinajstić information content (AvgIpc) is 2.40. The summed E-state index contributed by atoms with van der Waals surface area (Å²) in [5, 5.41) is 3.02. The van der Waals surface area contributed by atoms with Crippen LogP contribution in [0.2, 0.25) is 0 Å². The number of hydrogen-bond donors (Lipinski definition) is 1. The van der Waals surface area contributed by atoms with Crippen LogP contribution < -0.4 is 5.32 Å². The highest BCUT2D eigenvalue weighted by Gasteiger charge is 2.24. The van der Waals surface area contributed by atoms with Crippen molar-refractivity contribution in [3.8, 4) is 0 Å². The maximum atomic E-state index is 12.9. The number of hydrogen-bond acceptors (Lipinski definition) is 2. The molecular formula is C15H23FN2O. The minimum Gasteiger partial charge on any atom is -0.336 e. The van der Waals surface area contributed by atoms with Gasteiger partial charge in [-0.1, -0.05) is 19.1 Å². The summed E-state index contributed by atoms with van der Waals surface area (Å²) < 4.78 is 12.9. The molecule has 0 saturated carbocycles. The first-order chi connectivity index (χ1) is 9.01. The molecule has 106 valence electrons. The standard InChI is InChI=1S/C15H23FN2O/c1-5-18(15(19)11(2)10-17-4)12(3)13-6-8-14(16)9-7-13/h6-9,11-12,17H,5,10H2,1-4H3. The zero-order valence-corrected chi connectivity index (χ0v) is 12.1. The van der Waals surface area contributed by atoms with Gasteiger partial charge in [-0.25, -0.2) is 4.39 Å². The lowest BCUT2D eigenvalue weighted by Crippen LogP contribution is -2.40. The molecule has 0 fully saturated rings. The van der Waals surface area contributed by atoms with Crippen molar-refractivity contribution in [1.29, 1.82) is 0 Å². The van der Waals surface area contributed by atoms with Crippen molar-refractivity contribution in [2.75, 3.05) is 20.1 Å². The summed E-state index contributed by atoms with van der Waals surface area (Å²) in [6.45, 7) is 7.15. The fourth-order valence-electron chi connectivity index (χ4n) is 2.22. The number of carbonyl (C=O) groups excluding carboxylic acids is 1. The van der Waals surface area contributed by atoms with Gasteiger partial charge in [-0.05, 0) is 38.6 Å². The number of carbonyl (C=O) groups is 1. The van der Waals surface area contributed by atoms with Gasteiger partial charge in [-0.3, -0.25) is 4.79 Å². The molecule has 0 heterocycles. The van der Waals surface area contributed by atoms with Crippen LogP contribution in [-0.4, -0.2) is 30.9 Å². The number of nitrogens with zero attached hydrogens (tertiary/aromatic N) is 1. The number of benzene rings is 1. The molecule has 1 N–H and O–H groups in total. The summed E-state index contributed by atoms with van der Waals surface area (Å²) >= 11 is 0. The zero-order chi connectivity index (χ0) is 14.4. The second-order valence-corrected chi connectivity index (χ2v) is 4.81.